The van der Waals surface area contributed by atoms with Crippen molar-refractivity contribution < 1.29 is 19.4 Å². The summed E-state index contributed by atoms with van der Waals surface area (Å²) in [6.45, 7) is 6.27. The van der Waals surface area contributed by atoms with Crippen molar-refractivity contribution in [3.8, 4) is 6.07 Å². The average molecular weight is 436 g/mol. The van der Waals surface area contributed by atoms with Crippen LogP contribution in [0.5, 0.6) is 0 Å². The molecule has 27 heavy (non-hydrogen) atoms. The van der Waals surface area contributed by atoms with Gasteiger partial charge in [-0.25, -0.2) is 9.59 Å². The van der Waals surface area contributed by atoms with Crippen LogP contribution in [0.1, 0.15) is 43.2 Å². The zero-order valence-electron chi connectivity index (χ0n) is 15.7. The van der Waals surface area contributed by atoms with E-state index < -0.39 is 17.6 Å². The molecule has 1 amide bonds. The minimum Gasteiger partial charge on any atom is -0.465 e. The lowest BCUT2D eigenvalue weighted by molar-refractivity contribution is 0.0587. The van der Waals surface area contributed by atoms with Crippen LogP contribution >= 0.6 is 15.9 Å². The van der Waals surface area contributed by atoms with Gasteiger partial charge in [-0.3, -0.25) is 0 Å². The van der Waals surface area contributed by atoms with E-state index in [2.05, 4.69) is 22.0 Å². The molecule has 0 radical (unpaired) electrons. The summed E-state index contributed by atoms with van der Waals surface area (Å²) in [6.07, 6.45) is -0.461. The van der Waals surface area contributed by atoms with E-state index in [9.17, 15) is 14.7 Å². The molecule has 1 N–H and O–H groups in total. The van der Waals surface area contributed by atoms with Crippen LogP contribution in [0.25, 0.3) is 10.9 Å². The number of carbonyl (C=O) groups is 2. The molecule has 7 nitrogen and oxygen atoms in total. The molecule has 8 heteroatoms. The van der Waals surface area contributed by atoms with Crippen molar-refractivity contribution in [1.29, 1.82) is 5.26 Å². The number of carboxylic acid groups (broad SMARTS) is 1. The van der Waals surface area contributed by atoms with E-state index in [0.29, 0.717) is 35.2 Å². The molecule has 0 unspecified atom stereocenters. The molecule has 0 aliphatic rings. The van der Waals surface area contributed by atoms with Crippen LogP contribution in [-0.4, -0.2) is 45.8 Å². The number of hydrogen-bond donors (Lipinski definition) is 1. The largest absolute Gasteiger partial charge is 0.465 e. The monoisotopic (exact) mass is 435 g/mol. The molecule has 1 aromatic carbocycles. The van der Waals surface area contributed by atoms with Gasteiger partial charge < -0.3 is 19.3 Å². The van der Waals surface area contributed by atoms with Crippen LogP contribution in [0.4, 0.5) is 4.79 Å². The molecule has 0 aliphatic heterocycles. The molecule has 1 aromatic heterocycles. The van der Waals surface area contributed by atoms with E-state index in [1.54, 1.807) is 22.8 Å². The van der Waals surface area contributed by atoms with E-state index in [1.807, 2.05) is 20.8 Å². The van der Waals surface area contributed by atoms with E-state index in [1.165, 1.54) is 12.0 Å². The van der Waals surface area contributed by atoms with Gasteiger partial charge in [0.15, 0.2) is 0 Å². The molecule has 0 saturated carbocycles. The zero-order chi connectivity index (χ0) is 20.4. The first-order valence-electron chi connectivity index (χ1n) is 8.42. The number of fused-ring (bicyclic) bond motifs is 1. The van der Waals surface area contributed by atoms with Crippen LogP contribution in [0.15, 0.2) is 22.7 Å². The van der Waals surface area contributed by atoms with Gasteiger partial charge in [-0.1, -0.05) is 0 Å². The van der Waals surface area contributed by atoms with Crippen molar-refractivity contribution in [3.63, 3.8) is 0 Å². The van der Waals surface area contributed by atoms with Gasteiger partial charge in [0, 0.05) is 28.5 Å². The Balaban J connectivity index is 2.40. The average Bonchev–Trinajstić information content (AvgIpc) is 2.95. The molecule has 2 rings (SSSR count). The topological polar surface area (TPSA) is 95.6 Å². The minimum absolute atomic E-state index is 0.326. The van der Waals surface area contributed by atoms with Gasteiger partial charge in [0.2, 0.25) is 0 Å². The first kappa shape index (κ1) is 20.8. The fourth-order valence-electron chi connectivity index (χ4n) is 3.04. The van der Waals surface area contributed by atoms with Gasteiger partial charge in [-0.05, 0) is 61.3 Å². The van der Waals surface area contributed by atoms with Crippen molar-refractivity contribution in [3.05, 3.63) is 33.9 Å². The second kappa shape index (κ2) is 8.01. The van der Waals surface area contributed by atoms with Gasteiger partial charge in [-0.2, -0.15) is 5.26 Å². The number of nitriles is 1. The van der Waals surface area contributed by atoms with Crippen molar-refractivity contribution >= 4 is 38.9 Å². The van der Waals surface area contributed by atoms with Crippen LogP contribution < -0.4 is 0 Å². The lowest BCUT2D eigenvalue weighted by Gasteiger charge is -2.33. The fraction of sp³-hybridized carbons (Fsp3) is 0.421. The molecule has 2 aromatic rings. The second-order valence-electron chi connectivity index (χ2n) is 7.14. The molecule has 0 spiro atoms. The molecule has 0 atom stereocenters. The maximum atomic E-state index is 12.2. The molecule has 0 saturated heterocycles. The molecule has 0 bridgehead atoms. The normalized spacial score (nSPS) is 11.3. The van der Waals surface area contributed by atoms with Gasteiger partial charge in [0.05, 0.1) is 24.3 Å². The predicted octanol–water partition coefficient (Wildman–Crippen LogP) is 4.23. The number of nitrogens with zero attached hydrogens (tertiary/aromatic N) is 3. The molecule has 144 valence electrons. The lowest BCUT2D eigenvalue weighted by Crippen LogP contribution is -2.45. The highest BCUT2D eigenvalue weighted by Gasteiger charge is 2.26. The number of methoxy groups -OCH3 is 1. The Morgan fingerprint density at radius 3 is 2.52 bits per heavy atom. The number of esters is 1. The molecular formula is C19H22BrN3O4. The van der Waals surface area contributed by atoms with Gasteiger partial charge in [0.1, 0.15) is 5.69 Å². The molecule has 0 aliphatic carbocycles. The number of ether oxygens (including phenoxy) is 1. The molecule has 1 heterocycles. The van der Waals surface area contributed by atoms with Gasteiger partial charge in [-0.15, -0.1) is 0 Å². The Kier molecular flexibility index (Phi) is 6.16. The summed E-state index contributed by atoms with van der Waals surface area (Å²) in [5.74, 6) is -0.484. The van der Waals surface area contributed by atoms with E-state index >= 15 is 0 Å². The standard InChI is InChI=1S/C19H22BrN3O4/c1-19(2,3)23(18(25)26)7-5-6-22-15(17(24)27-4)10-13-8-12(11-21)9-14(20)16(13)22/h8-10H,5-7H2,1-4H3,(H,25,26). The van der Waals surface area contributed by atoms with Crippen LogP contribution in [0.3, 0.4) is 0 Å². The Morgan fingerprint density at radius 1 is 1.33 bits per heavy atom. The van der Waals surface area contributed by atoms with E-state index in [4.69, 9.17) is 10.00 Å². The molecular weight excluding hydrogens is 414 g/mol. The minimum atomic E-state index is -0.979. The zero-order valence-corrected chi connectivity index (χ0v) is 17.3. The summed E-state index contributed by atoms with van der Waals surface area (Å²) in [6, 6.07) is 7.18. The number of carbonyl (C=O) groups excluding carboxylic acids is 1. The number of hydrogen-bond acceptors (Lipinski definition) is 4. The summed E-state index contributed by atoms with van der Waals surface area (Å²) < 4.78 is 7.37. The van der Waals surface area contributed by atoms with Crippen LogP contribution in [-0.2, 0) is 11.3 Å². The van der Waals surface area contributed by atoms with E-state index in [0.717, 1.165) is 10.9 Å². The maximum Gasteiger partial charge on any atom is 0.407 e. The Morgan fingerprint density at radius 2 is 2.00 bits per heavy atom. The van der Waals surface area contributed by atoms with Crippen molar-refractivity contribution in [1.82, 2.24) is 9.47 Å². The lowest BCUT2D eigenvalue weighted by atomic mass is 10.1. The summed E-state index contributed by atoms with van der Waals surface area (Å²) in [7, 11) is 1.31. The number of benzene rings is 1. The van der Waals surface area contributed by atoms with Crippen molar-refractivity contribution in [2.45, 2.75) is 39.3 Å². The highest BCUT2D eigenvalue weighted by atomic mass is 79.9. The summed E-state index contributed by atoms with van der Waals surface area (Å²) >= 11 is 3.47. The number of rotatable bonds is 5. The first-order chi connectivity index (χ1) is 12.6. The van der Waals surface area contributed by atoms with E-state index in [-0.39, 0.29) is 0 Å². The maximum absolute atomic E-state index is 12.2. The number of aryl methyl sites for hydroxylation is 1. The summed E-state index contributed by atoms with van der Waals surface area (Å²) in [5.41, 5.74) is 1.10. The Bertz CT molecular complexity index is 922. The third-order valence-corrected chi connectivity index (χ3v) is 4.88. The number of aromatic nitrogens is 1. The third-order valence-electron chi connectivity index (χ3n) is 4.27. The highest BCUT2D eigenvalue weighted by Crippen LogP contribution is 2.30. The second-order valence-corrected chi connectivity index (χ2v) is 7.99. The first-order valence-corrected chi connectivity index (χ1v) is 9.21. The van der Waals surface area contributed by atoms with Crippen molar-refractivity contribution in [2.24, 2.45) is 0 Å². The van der Waals surface area contributed by atoms with Crippen LogP contribution in [0.2, 0.25) is 0 Å². The van der Waals surface area contributed by atoms with Crippen LogP contribution in [0, 0.1) is 11.3 Å². The fourth-order valence-corrected chi connectivity index (χ4v) is 3.73. The Labute approximate surface area is 166 Å². The third kappa shape index (κ3) is 4.42. The van der Waals surface area contributed by atoms with Gasteiger partial charge >= 0.3 is 12.1 Å². The highest BCUT2D eigenvalue weighted by molar-refractivity contribution is 9.10. The molecule has 0 fully saturated rings. The quantitative estimate of drug-likeness (QED) is 0.708. The van der Waals surface area contributed by atoms with Gasteiger partial charge in [0.25, 0.3) is 0 Å². The number of halogens is 1. The number of amides is 1. The summed E-state index contributed by atoms with van der Waals surface area (Å²) in [4.78, 5) is 25.1. The van der Waals surface area contributed by atoms with Crippen molar-refractivity contribution in [2.75, 3.05) is 13.7 Å². The predicted molar refractivity (Wildman–Crippen MR) is 105 cm³/mol. The Hall–Kier alpha value is -2.53. The SMILES string of the molecule is COC(=O)c1cc2cc(C#N)cc(Br)c2n1CCCN(C(=O)O)C(C)(C)C. The summed E-state index contributed by atoms with van der Waals surface area (Å²) in [5, 5.41) is 19.3. The smallest absolute Gasteiger partial charge is 0.407 e.